The SMILES string of the molecule is CC(C)SCCC(C(=O)NCCN1C(=O)CC(C(C)C)C1=O)S(C)(=O)=O. The van der Waals surface area contributed by atoms with Crippen LogP contribution >= 0.6 is 11.8 Å². The van der Waals surface area contributed by atoms with E-state index in [1.165, 1.54) is 0 Å². The molecule has 150 valence electrons. The van der Waals surface area contributed by atoms with Gasteiger partial charge in [-0.3, -0.25) is 19.3 Å². The number of hydrogen-bond donors (Lipinski definition) is 1. The predicted octanol–water partition coefficient (Wildman–Crippen LogP) is 1.08. The molecule has 0 aliphatic carbocycles. The van der Waals surface area contributed by atoms with Crippen molar-refractivity contribution >= 4 is 39.3 Å². The maximum atomic E-state index is 12.3. The number of imide groups is 1. The molecular weight excluding hydrogens is 376 g/mol. The van der Waals surface area contributed by atoms with Gasteiger partial charge >= 0.3 is 0 Å². The zero-order chi connectivity index (χ0) is 20.1. The molecule has 0 saturated carbocycles. The van der Waals surface area contributed by atoms with Gasteiger partial charge in [-0.05, 0) is 23.3 Å². The number of nitrogens with one attached hydrogen (secondary N) is 1. The van der Waals surface area contributed by atoms with Crippen LogP contribution in [-0.2, 0) is 24.2 Å². The van der Waals surface area contributed by atoms with E-state index in [0.29, 0.717) is 11.0 Å². The molecule has 0 aromatic carbocycles. The van der Waals surface area contributed by atoms with Crippen LogP contribution in [0.25, 0.3) is 0 Å². The fraction of sp³-hybridized carbons (Fsp3) is 0.824. The molecule has 1 saturated heterocycles. The maximum absolute atomic E-state index is 12.3. The number of amides is 3. The lowest BCUT2D eigenvalue weighted by molar-refractivity contribution is -0.140. The number of thioether (sulfide) groups is 1. The van der Waals surface area contributed by atoms with Gasteiger partial charge in [-0.25, -0.2) is 8.42 Å². The van der Waals surface area contributed by atoms with Crippen molar-refractivity contribution in [2.24, 2.45) is 11.8 Å². The smallest absolute Gasteiger partial charge is 0.238 e. The third kappa shape index (κ3) is 6.57. The second-order valence-corrected chi connectivity index (χ2v) is 11.2. The fourth-order valence-electron chi connectivity index (χ4n) is 2.82. The fourth-order valence-corrected chi connectivity index (χ4v) is 4.83. The number of carbonyl (C=O) groups is 3. The van der Waals surface area contributed by atoms with Crippen LogP contribution < -0.4 is 5.32 Å². The van der Waals surface area contributed by atoms with Gasteiger partial charge in [0.2, 0.25) is 17.7 Å². The van der Waals surface area contributed by atoms with Crippen molar-refractivity contribution in [1.29, 1.82) is 0 Å². The number of likely N-dealkylation sites (tertiary alicyclic amines) is 1. The highest BCUT2D eigenvalue weighted by Crippen LogP contribution is 2.25. The summed E-state index contributed by atoms with van der Waals surface area (Å²) in [5, 5.41) is 1.82. The summed E-state index contributed by atoms with van der Waals surface area (Å²) < 4.78 is 23.8. The third-order valence-corrected chi connectivity index (χ3v) is 6.98. The molecule has 2 atom stereocenters. The van der Waals surface area contributed by atoms with Crippen molar-refractivity contribution in [2.75, 3.05) is 25.1 Å². The Morgan fingerprint density at radius 2 is 1.88 bits per heavy atom. The summed E-state index contributed by atoms with van der Waals surface area (Å²) in [4.78, 5) is 37.6. The van der Waals surface area contributed by atoms with Crippen molar-refractivity contribution in [1.82, 2.24) is 10.2 Å². The second kappa shape index (κ2) is 9.73. The van der Waals surface area contributed by atoms with Crippen LogP contribution in [-0.4, -0.2) is 66.6 Å². The lowest BCUT2D eigenvalue weighted by Gasteiger charge is -2.19. The molecule has 2 unspecified atom stereocenters. The maximum Gasteiger partial charge on any atom is 0.238 e. The first-order valence-electron chi connectivity index (χ1n) is 8.87. The molecule has 0 spiro atoms. The lowest BCUT2D eigenvalue weighted by atomic mass is 9.94. The van der Waals surface area contributed by atoms with Crippen LogP contribution in [0.3, 0.4) is 0 Å². The Labute approximate surface area is 160 Å². The average Bonchev–Trinajstić information content (AvgIpc) is 2.78. The molecule has 0 radical (unpaired) electrons. The van der Waals surface area contributed by atoms with E-state index in [9.17, 15) is 22.8 Å². The summed E-state index contributed by atoms with van der Waals surface area (Å²) in [5.41, 5.74) is 0. The van der Waals surface area contributed by atoms with E-state index >= 15 is 0 Å². The Hall–Kier alpha value is -1.09. The van der Waals surface area contributed by atoms with Crippen LogP contribution in [0.15, 0.2) is 0 Å². The Kier molecular flexibility index (Phi) is 8.59. The quantitative estimate of drug-likeness (QED) is 0.545. The first kappa shape index (κ1) is 23.0. The summed E-state index contributed by atoms with van der Waals surface area (Å²) in [6.45, 7) is 7.94. The van der Waals surface area contributed by atoms with Crippen molar-refractivity contribution in [3.8, 4) is 0 Å². The molecule has 26 heavy (non-hydrogen) atoms. The highest BCUT2D eigenvalue weighted by Gasteiger charge is 2.39. The molecule has 1 N–H and O–H groups in total. The molecule has 0 aromatic heterocycles. The van der Waals surface area contributed by atoms with Gasteiger partial charge in [0.15, 0.2) is 9.84 Å². The van der Waals surface area contributed by atoms with Crippen LogP contribution in [0, 0.1) is 11.8 Å². The van der Waals surface area contributed by atoms with Crippen molar-refractivity contribution in [2.45, 2.75) is 51.0 Å². The number of carbonyl (C=O) groups excluding carboxylic acids is 3. The van der Waals surface area contributed by atoms with Gasteiger partial charge in [-0.1, -0.05) is 27.7 Å². The number of hydrogen-bond acceptors (Lipinski definition) is 6. The topological polar surface area (TPSA) is 101 Å². The molecule has 9 heteroatoms. The van der Waals surface area contributed by atoms with Crippen LogP contribution in [0.4, 0.5) is 0 Å². The Morgan fingerprint density at radius 3 is 2.35 bits per heavy atom. The molecular formula is C17H30N2O5S2. The molecule has 1 heterocycles. The van der Waals surface area contributed by atoms with Crippen LogP contribution in [0.5, 0.6) is 0 Å². The highest BCUT2D eigenvalue weighted by atomic mass is 32.2. The second-order valence-electron chi connectivity index (χ2n) is 7.26. The molecule has 1 fully saturated rings. The summed E-state index contributed by atoms with van der Waals surface area (Å²) >= 11 is 1.60. The third-order valence-electron chi connectivity index (χ3n) is 4.36. The Balaban J connectivity index is 2.57. The van der Waals surface area contributed by atoms with Crippen molar-refractivity contribution < 1.29 is 22.8 Å². The van der Waals surface area contributed by atoms with E-state index in [2.05, 4.69) is 5.32 Å². The van der Waals surface area contributed by atoms with Gasteiger partial charge in [-0.15, -0.1) is 0 Å². The normalized spacial score (nSPS) is 19.5. The van der Waals surface area contributed by atoms with Gasteiger partial charge in [0.25, 0.3) is 0 Å². The lowest BCUT2D eigenvalue weighted by Crippen LogP contribution is -2.44. The number of nitrogens with zero attached hydrogens (tertiary/aromatic N) is 1. The van der Waals surface area contributed by atoms with E-state index in [1.807, 2.05) is 27.7 Å². The number of rotatable bonds is 10. The van der Waals surface area contributed by atoms with E-state index in [-0.39, 0.29) is 49.6 Å². The Morgan fingerprint density at radius 1 is 1.27 bits per heavy atom. The predicted molar refractivity (Wildman–Crippen MR) is 104 cm³/mol. The Bertz CT molecular complexity index is 631. The molecule has 0 aromatic rings. The first-order chi connectivity index (χ1) is 11.9. The van der Waals surface area contributed by atoms with Gasteiger partial charge in [0.1, 0.15) is 5.25 Å². The molecule has 1 aliphatic rings. The first-order valence-corrected chi connectivity index (χ1v) is 11.9. The van der Waals surface area contributed by atoms with E-state index in [0.717, 1.165) is 11.2 Å². The molecule has 7 nitrogen and oxygen atoms in total. The summed E-state index contributed by atoms with van der Waals surface area (Å²) in [6, 6.07) is 0. The molecule has 1 rings (SSSR count). The van der Waals surface area contributed by atoms with Gasteiger partial charge in [0.05, 0.1) is 0 Å². The zero-order valence-corrected chi connectivity index (χ0v) is 17.8. The van der Waals surface area contributed by atoms with Gasteiger partial charge in [-0.2, -0.15) is 11.8 Å². The summed E-state index contributed by atoms with van der Waals surface area (Å²) in [7, 11) is -3.53. The molecule has 0 bridgehead atoms. The monoisotopic (exact) mass is 406 g/mol. The minimum atomic E-state index is -3.53. The summed E-state index contributed by atoms with van der Waals surface area (Å²) in [6.07, 6.45) is 1.49. The van der Waals surface area contributed by atoms with Crippen LogP contribution in [0.1, 0.15) is 40.5 Å². The molecule has 3 amide bonds. The van der Waals surface area contributed by atoms with Crippen molar-refractivity contribution in [3.63, 3.8) is 0 Å². The summed E-state index contributed by atoms with van der Waals surface area (Å²) in [5.74, 6) is -0.684. The largest absolute Gasteiger partial charge is 0.353 e. The van der Waals surface area contributed by atoms with E-state index in [1.54, 1.807) is 11.8 Å². The van der Waals surface area contributed by atoms with Gasteiger partial charge < -0.3 is 5.32 Å². The van der Waals surface area contributed by atoms with Gasteiger partial charge in [0, 0.05) is 31.7 Å². The van der Waals surface area contributed by atoms with Crippen molar-refractivity contribution in [3.05, 3.63) is 0 Å². The van der Waals surface area contributed by atoms with Crippen LogP contribution in [0.2, 0.25) is 0 Å². The van der Waals surface area contributed by atoms with E-state index in [4.69, 9.17) is 0 Å². The highest BCUT2D eigenvalue weighted by molar-refractivity contribution is 7.99. The molecule has 1 aliphatic heterocycles. The number of sulfone groups is 1. The van der Waals surface area contributed by atoms with E-state index < -0.39 is 21.0 Å². The minimum absolute atomic E-state index is 0.0600. The standard InChI is InChI=1S/C17H30N2O5S2/c1-11(2)13-10-15(20)19(17(13)22)8-7-18-16(21)14(26(5,23)24)6-9-25-12(3)4/h11-14H,6-10H2,1-5H3,(H,18,21). The average molecular weight is 407 g/mol. The zero-order valence-electron chi connectivity index (χ0n) is 16.1. The minimum Gasteiger partial charge on any atom is -0.353 e.